The van der Waals surface area contributed by atoms with Gasteiger partial charge in [0.1, 0.15) is 0 Å². The Labute approximate surface area is 272 Å². The van der Waals surface area contributed by atoms with Crippen molar-refractivity contribution in [1.29, 1.82) is 0 Å². The van der Waals surface area contributed by atoms with Gasteiger partial charge in [0, 0.05) is 69.1 Å². The molecule has 1 N–H and O–H groups in total. The number of benzene rings is 7. The number of hydrogen-bond donors (Lipinski definition) is 1. The summed E-state index contributed by atoms with van der Waals surface area (Å²) in [6, 6.07) is 49.7. The van der Waals surface area contributed by atoms with Crippen molar-refractivity contribution in [2.45, 2.75) is 0 Å². The second kappa shape index (κ2) is 9.25. The van der Waals surface area contributed by atoms with Gasteiger partial charge in [0.2, 0.25) is 5.95 Å². The number of fused-ring (bicyclic) bond motifs is 8. The van der Waals surface area contributed by atoms with Crippen LogP contribution in [0.4, 0.5) is 0 Å². The molecule has 0 radical (unpaired) electrons. The molecule has 0 saturated carbocycles. The number of H-pyrrole nitrogens is 1. The molecule has 0 aliphatic heterocycles. The van der Waals surface area contributed by atoms with Gasteiger partial charge < -0.3 is 4.98 Å². The van der Waals surface area contributed by atoms with Crippen LogP contribution in [-0.4, -0.2) is 19.5 Å². The molecule has 47 heavy (non-hydrogen) atoms. The quantitative estimate of drug-likeness (QED) is 0.201. The summed E-state index contributed by atoms with van der Waals surface area (Å²) in [7, 11) is 0. The highest BCUT2D eigenvalue weighted by molar-refractivity contribution is 7.26. The topological polar surface area (TPSA) is 46.5 Å². The normalized spacial score (nSPS) is 12.3. The van der Waals surface area contributed by atoms with Gasteiger partial charge in [0.25, 0.3) is 0 Å². The lowest BCUT2D eigenvalue weighted by Crippen LogP contribution is -2.04. The van der Waals surface area contributed by atoms with E-state index in [1.165, 1.54) is 58.0 Å². The Morgan fingerprint density at radius 3 is 1.83 bits per heavy atom. The average molecular weight is 617 g/mol. The number of para-hydroxylation sites is 1. The fourth-order valence-electron chi connectivity index (χ4n) is 7.63. The van der Waals surface area contributed by atoms with Gasteiger partial charge in [-0.1, -0.05) is 109 Å². The SMILES string of the molecule is c1ccc(-c2cc(-c3ccccc3)nc(-n3c4cc5c6ccccc6[nH]c5c5ccc6c7sc8ccccc8c7cc3c6c54)n2)cc1. The molecule has 0 saturated heterocycles. The van der Waals surface area contributed by atoms with Crippen LogP contribution in [0.25, 0.3) is 103 Å². The van der Waals surface area contributed by atoms with Gasteiger partial charge in [-0.05, 0) is 30.3 Å². The third kappa shape index (κ3) is 3.46. The lowest BCUT2D eigenvalue weighted by molar-refractivity contribution is 0.997. The minimum atomic E-state index is 0.669. The monoisotopic (exact) mass is 616 g/mol. The van der Waals surface area contributed by atoms with E-state index in [9.17, 15) is 0 Å². The Morgan fingerprint density at radius 1 is 0.489 bits per heavy atom. The Morgan fingerprint density at radius 2 is 1.09 bits per heavy atom. The minimum Gasteiger partial charge on any atom is -0.354 e. The van der Waals surface area contributed by atoms with Crippen molar-refractivity contribution in [1.82, 2.24) is 19.5 Å². The molecule has 11 aromatic rings. The second-order valence-electron chi connectivity index (χ2n) is 12.3. The van der Waals surface area contributed by atoms with E-state index < -0.39 is 0 Å². The Hall–Kier alpha value is -6.04. The Balaban J connectivity index is 1.36. The predicted octanol–water partition coefficient (Wildman–Crippen LogP) is 11.5. The molecular weight excluding hydrogens is 593 g/mol. The minimum absolute atomic E-state index is 0.669. The van der Waals surface area contributed by atoms with E-state index in [0.717, 1.165) is 39.1 Å². The molecule has 7 aromatic carbocycles. The third-order valence-electron chi connectivity index (χ3n) is 9.71. The summed E-state index contributed by atoms with van der Waals surface area (Å²) in [6.45, 7) is 0. The Bertz CT molecular complexity index is 2800. The van der Waals surface area contributed by atoms with E-state index >= 15 is 0 Å². The van der Waals surface area contributed by atoms with Gasteiger partial charge in [-0.3, -0.25) is 4.57 Å². The van der Waals surface area contributed by atoms with Crippen molar-refractivity contribution >= 4 is 85.9 Å². The number of rotatable bonds is 3. The van der Waals surface area contributed by atoms with Gasteiger partial charge in [-0.2, -0.15) is 0 Å². The summed E-state index contributed by atoms with van der Waals surface area (Å²) in [5, 5.41) is 9.95. The average Bonchev–Trinajstić information content (AvgIpc) is 3.81. The van der Waals surface area contributed by atoms with E-state index in [1.54, 1.807) is 0 Å². The van der Waals surface area contributed by atoms with Crippen LogP contribution in [0, 0.1) is 0 Å². The standard InChI is InChI=1S/C42H24N4S/c1-3-11-24(12-4-1)33-23-34(25-13-5-2-6-14-25)45-42(44-33)46-35-21-30-26-15-7-9-17-32(26)43-40(30)28-19-20-29-39(38(28)35)36(46)22-31-27-16-8-10-18-37(27)47-41(29)31/h1-23,43H. The number of aromatic amines is 1. The molecular formula is C42H24N4S. The second-order valence-corrected chi connectivity index (χ2v) is 13.3. The van der Waals surface area contributed by atoms with Crippen LogP contribution in [0.1, 0.15) is 0 Å². The molecule has 0 unspecified atom stereocenters. The number of aromatic nitrogens is 4. The van der Waals surface area contributed by atoms with Crippen molar-refractivity contribution in [2.24, 2.45) is 0 Å². The number of hydrogen-bond acceptors (Lipinski definition) is 3. The molecule has 4 heterocycles. The van der Waals surface area contributed by atoms with Crippen molar-refractivity contribution in [3.8, 4) is 28.5 Å². The largest absolute Gasteiger partial charge is 0.354 e. The van der Waals surface area contributed by atoms with Crippen LogP contribution >= 0.6 is 11.3 Å². The molecule has 0 fully saturated rings. The van der Waals surface area contributed by atoms with Gasteiger partial charge >= 0.3 is 0 Å². The number of thiophene rings is 1. The van der Waals surface area contributed by atoms with Crippen LogP contribution in [0.5, 0.6) is 0 Å². The molecule has 5 heteroatoms. The first kappa shape index (κ1) is 25.2. The molecule has 0 aliphatic rings. The highest BCUT2D eigenvalue weighted by Gasteiger charge is 2.24. The summed E-state index contributed by atoms with van der Waals surface area (Å²) >= 11 is 1.88. The predicted molar refractivity (Wildman–Crippen MR) is 198 cm³/mol. The smallest absolute Gasteiger partial charge is 0.235 e. The van der Waals surface area contributed by atoms with Gasteiger partial charge in [0.15, 0.2) is 0 Å². The maximum Gasteiger partial charge on any atom is 0.235 e. The van der Waals surface area contributed by atoms with E-state index in [1.807, 2.05) is 23.5 Å². The van der Waals surface area contributed by atoms with Crippen LogP contribution in [0.3, 0.4) is 0 Å². The van der Waals surface area contributed by atoms with Gasteiger partial charge in [-0.25, -0.2) is 9.97 Å². The van der Waals surface area contributed by atoms with E-state index in [-0.39, 0.29) is 0 Å². The molecule has 4 aromatic heterocycles. The van der Waals surface area contributed by atoms with E-state index in [4.69, 9.17) is 9.97 Å². The van der Waals surface area contributed by atoms with E-state index in [0.29, 0.717) is 5.95 Å². The van der Waals surface area contributed by atoms with Crippen LogP contribution < -0.4 is 0 Å². The molecule has 0 bridgehead atoms. The molecule has 0 amide bonds. The van der Waals surface area contributed by atoms with Crippen molar-refractivity contribution in [3.63, 3.8) is 0 Å². The lowest BCUT2D eigenvalue weighted by atomic mass is 9.98. The summed E-state index contributed by atoms with van der Waals surface area (Å²) in [4.78, 5) is 14.4. The first-order valence-electron chi connectivity index (χ1n) is 15.8. The maximum absolute atomic E-state index is 5.34. The van der Waals surface area contributed by atoms with Gasteiger partial charge in [0.05, 0.1) is 27.9 Å². The Kier molecular flexibility index (Phi) is 4.96. The zero-order valence-electron chi connectivity index (χ0n) is 25.0. The number of nitrogens with one attached hydrogen (secondary N) is 1. The van der Waals surface area contributed by atoms with Crippen LogP contribution in [0.15, 0.2) is 140 Å². The molecule has 0 aliphatic carbocycles. The first-order chi connectivity index (χ1) is 23.3. The summed E-state index contributed by atoms with van der Waals surface area (Å²) < 4.78 is 4.94. The molecule has 4 nitrogen and oxygen atoms in total. The van der Waals surface area contributed by atoms with Crippen LogP contribution in [0.2, 0.25) is 0 Å². The maximum atomic E-state index is 5.34. The molecule has 0 atom stereocenters. The number of nitrogens with zero attached hydrogens (tertiary/aromatic N) is 3. The molecule has 218 valence electrons. The summed E-state index contributed by atoms with van der Waals surface area (Å²) in [5.74, 6) is 0.669. The highest BCUT2D eigenvalue weighted by atomic mass is 32.1. The lowest BCUT2D eigenvalue weighted by Gasteiger charge is -2.12. The van der Waals surface area contributed by atoms with E-state index in [2.05, 4.69) is 137 Å². The molecule has 0 spiro atoms. The first-order valence-corrected chi connectivity index (χ1v) is 16.7. The zero-order valence-corrected chi connectivity index (χ0v) is 25.8. The van der Waals surface area contributed by atoms with Crippen molar-refractivity contribution in [3.05, 3.63) is 140 Å². The van der Waals surface area contributed by atoms with Crippen LogP contribution in [-0.2, 0) is 0 Å². The van der Waals surface area contributed by atoms with Crippen molar-refractivity contribution < 1.29 is 0 Å². The fraction of sp³-hybridized carbons (Fsp3) is 0. The highest BCUT2D eigenvalue weighted by Crippen LogP contribution is 2.48. The fourth-order valence-corrected chi connectivity index (χ4v) is 8.84. The third-order valence-corrected chi connectivity index (χ3v) is 10.9. The summed E-state index contributed by atoms with van der Waals surface area (Å²) in [5.41, 5.74) is 8.46. The van der Waals surface area contributed by atoms with Gasteiger partial charge in [-0.15, -0.1) is 11.3 Å². The van der Waals surface area contributed by atoms with Crippen molar-refractivity contribution in [2.75, 3.05) is 0 Å². The summed E-state index contributed by atoms with van der Waals surface area (Å²) in [6.07, 6.45) is 0. The molecule has 11 rings (SSSR count). The zero-order chi connectivity index (χ0) is 30.6.